The van der Waals surface area contributed by atoms with Crippen LogP contribution in [0.5, 0.6) is 0 Å². The van der Waals surface area contributed by atoms with Crippen LogP contribution in [0.4, 0.5) is 5.69 Å². The summed E-state index contributed by atoms with van der Waals surface area (Å²) in [6, 6.07) is 8.23. The van der Waals surface area contributed by atoms with Gasteiger partial charge in [0.15, 0.2) is 0 Å². The Morgan fingerprint density at radius 2 is 2.12 bits per heavy atom. The van der Waals surface area contributed by atoms with E-state index in [1.54, 1.807) is 35.2 Å². The Labute approximate surface area is 167 Å². The van der Waals surface area contributed by atoms with Gasteiger partial charge in [-0.25, -0.2) is 13.1 Å². The number of carbonyl (C=O) groups is 1. The molecule has 0 spiro atoms. The van der Waals surface area contributed by atoms with Gasteiger partial charge in [0.1, 0.15) is 5.25 Å². The van der Waals surface area contributed by atoms with Gasteiger partial charge in [0, 0.05) is 23.7 Å². The Morgan fingerprint density at radius 1 is 1.31 bits per heavy atom. The number of thiophene rings is 1. The number of amides is 1. The molecule has 1 amide bonds. The summed E-state index contributed by atoms with van der Waals surface area (Å²) in [5.74, 6) is 0.775. The highest BCUT2D eigenvalue weighted by atomic mass is 35.5. The van der Waals surface area contributed by atoms with Gasteiger partial charge in [0.25, 0.3) is 0 Å². The summed E-state index contributed by atoms with van der Waals surface area (Å²) in [6.45, 7) is 0.385. The Balaban J connectivity index is 0.00000243. The number of hydrogen-bond donors (Lipinski definition) is 3. The molecular formula is C16H20ClN3O3S3. The summed E-state index contributed by atoms with van der Waals surface area (Å²) >= 11 is 3.28. The molecule has 0 bridgehead atoms. The fourth-order valence-corrected chi connectivity index (χ4v) is 5.97. The lowest BCUT2D eigenvalue weighted by Gasteiger charge is -2.21. The first-order valence-corrected chi connectivity index (χ1v) is 11.2. The Kier molecular flexibility index (Phi) is 7.51. The van der Waals surface area contributed by atoms with Crippen molar-refractivity contribution in [1.29, 1.82) is 0 Å². The van der Waals surface area contributed by atoms with Gasteiger partial charge in [-0.1, -0.05) is 6.07 Å². The Hall–Kier alpha value is -1.10. The van der Waals surface area contributed by atoms with Crippen LogP contribution in [-0.2, 0) is 21.2 Å². The number of anilines is 1. The zero-order valence-electron chi connectivity index (χ0n) is 13.8. The molecule has 1 unspecified atom stereocenters. The van der Waals surface area contributed by atoms with E-state index in [-0.39, 0.29) is 41.5 Å². The third-order valence-electron chi connectivity index (χ3n) is 3.76. The zero-order chi connectivity index (χ0) is 17.9. The molecule has 6 nitrogen and oxygen atoms in total. The molecule has 1 aliphatic rings. The molecule has 1 atom stereocenters. The van der Waals surface area contributed by atoms with Crippen molar-refractivity contribution in [3.05, 3.63) is 46.2 Å². The number of fused-ring (bicyclic) bond motifs is 1. The predicted octanol–water partition coefficient (Wildman–Crippen LogP) is 2.38. The molecule has 10 heteroatoms. The van der Waals surface area contributed by atoms with Crippen LogP contribution in [0.1, 0.15) is 15.7 Å². The second-order valence-electron chi connectivity index (χ2n) is 5.50. The minimum atomic E-state index is -3.63. The fourth-order valence-electron chi connectivity index (χ4n) is 2.59. The maximum absolute atomic E-state index is 12.7. The predicted molar refractivity (Wildman–Crippen MR) is 110 cm³/mol. The third-order valence-corrected chi connectivity index (χ3v) is 7.46. The van der Waals surface area contributed by atoms with Gasteiger partial charge in [-0.15, -0.1) is 35.5 Å². The summed E-state index contributed by atoms with van der Waals surface area (Å²) in [7, 11) is -3.63. The number of sulfonamides is 1. The number of hydrogen-bond acceptors (Lipinski definition) is 6. The van der Waals surface area contributed by atoms with Gasteiger partial charge in [0.2, 0.25) is 15.9 Å². The van der Waals surface area contributed by atoms with E-state index in [1.807, 2.05) is 11.4 Å². The maximum Gasteiger partial charge on any atom is 0.242 e. The van der Waals surface area contributed by atoms with Crippen molar-refractivity contribution in [2.75, 3.05) is 24.2 Å². The molecular weight excluding hydrogens is 414 g/mol. The van der Waals surface area contributed by atoms with E-state index in [9.17, 15) is 13.2 Å². The van der Waals surface area contributed by atoms with Crippen LogP contribution in [0.2, 0.25) is 0 Å². The van der Waals surface area contributed by atoms with Crippen molar-refractivity contribution < 1.29 is 13.2 Å². The normalized spacial score (nSPS) is 16.4. The number of rotatable bonds is 6. The average Bonchev–Trinajstić information content (AvgIpc) is 3.09. The highest BCUT2D eigenvalue weighted by Crippen LogP contribution is 2.40. The van der Waals surface area contributed by atoms with Gasteiger partial charge < -0.3 is 11.1 Å². The first kappa shape index (κ1) is 21.2. The zero-order valence-corrected chi connectivity index (χ0v) is 17.1. The number of aryl methyl sites for hydroxylation is 1. The smallest absolute Gasteiger partial charge is 0.242 e. The van der Waals surface area contributed by atoms with Crippen molar-refractivity contribution in [3.8, 4) is 0 Å². The summed E-state index contributed by atoms with van der Waals surface area (Å²) < 4.78 is 26.8. The number of nitrogens with one attached hydrogen (secondary N) is 2. The molecule has 26 heavy (non-hydrogen) atoms. The third kappa shape index (κ3) is 4.79. The lowest BCUT2D eigenvalue weighted by molar-refractivity contribution is -0.115. The largest absolute Gasteiger partial charge is 0.329 e. The Morgan fingerprint density at radius 3 is 2.88 bits per heavy atom. The average molecular weight is 434 g/mol. The molecule has 4 N–H and O–H groups in total. The number of carbonyl (C=O) groups excluding carboxylic acids is 1. The van der Waals surface area contributed by atoms with E-state index in [0.717, 1.165) is 17.7 Å². The molecule has 1 aliphatic heterocycles. The van der Waals surface area contributed by atoms with Crippen molar-refractivity contribution in [3.63, 3.8) is 0 Å². The molecule has 1 aromatic carbocycles. The van der Waals surface area contributed by atoms with E-state index < -0.39 is 10.0 Å². The quantitative estimate of drug-likeness (QED) is 0.649. The summed E-state index contributed by atoms with van der Waals surface area (Å²) in [5.41, 5.74) is 6.86. The molecule has 3 rings (SSSR count). The topological polar surface area (TPSA) is 101 Å². The van der Waals surface area contributed by atoms with Crippen LogP contribution in [-0.4, -0.2) is 33.2 Å². The van der Waals surface area contributed by atoms with E-state index >= 15 is 0 Å². The SMILES string of the molecule is Cl.NCCNS(=O)(=O)c1cccc(NC(=O)C2SCCc3sccc32)c1. The highest BCUT2D eigenvalue weighted by molar-refractivity contribution is 8.00. The second kappa shape index (κ2) is 9.20. The first-order chi connectivity index (χ1) is 12.0. The van der Waals surface area contributed by atoms with Crippen LogP contribution in [0.25, 0.3) is 0 Å². The standard InChI is InChI=1S/C16H19N3O3S3.ClH/c17-6-7-18-25(21,22)12-3-1-2-11(10-12)19-16(20)15-13-4-8-23-14(13)5-9-24-15;/h1-4,8,10,15,18H,5-7,9,17H2,(H,19,20);1H. The number of thioether (sulfide) groups is 1. The molecule has 0 aliphatic carbocycles. The summed E-state index contributed by atoms with van der Waals surface area (Å²) in [4.78, 5) is 14.0. The van der Waals surface area contributed by atoms with Gasteiger partial charge in [-0.2, -0.15) is 0 Å². The van der Waals surface area contributed by atoms with Gasteiger partial charge >= 0.3 is 0 Å². The maximum atomic E-state index is 12.7. The molecule has 1 aromatic heterocycles. The molecule has 0 saturated heterocycles. The van der Waals surface area contributed by atoms with Crippen molar-refractivity contribution in [2.24, 2.45) is 5.73 Å². The van der Waals surface area contributed by atoms with Crippen LogP contribution >= 0.6 is 35.5 Å². The van der Waals surface area contributed by atoms with Crippen molar-refractivity contribution >= 4 is 57.1 Å². The molecule has 2 heterocycles. The van der Waals surface area contributed by atoms with E-state index in [2.05, 4.69) is 10.0 Å². The number of benzene rings is 1. The molecule has 142 valence electrons. The van der Waals surface area contributed by atoms with Gasteiger partial charge in [0.05, 0.1) is 4.90 Å². The minimum absolute atomic E-state index is 0. The van der Waals surface area contributed by atoms with Gasteiger partial charge in [-0.3, -0.25) is 4.79 Å². The molecule has 0 radical (unpaired) electrons. The molecule has 0 saturated carbocycles. The monoisotopic (exact) mass is 433 g/mol. The van der Waals surface area contributed by atoms with E-state index in [1.165, 1.54) is 17.0 Å². The first-order valence-electron chi connectivity index (χ1n) is 7.80. The van der Waals surface area contributed by atoms with E-state index in [4.69, 9.17) is 5.73 Å². The van der Waals surface area contributed by atoms with Gasteiger partial charge in [-0.05, 0) is 47.4 Å². The lowest BCUT2D eigenvalue weighted by Crippen LogP contribution is -2.29. The van der Waals surface area contributed by atoms with Crippen LogP contribution < -0.4 is 15.8 Å². The number of nitrogens with two attached hydrogens (primary N) is 1. The molecule has 0 fully saturated rings. The van der Waals surface area contributed by atoms with Crippen molar-refractivity contribution in [2.45, 2.75) is 16.6 Å². The summed E-state index contributed by atoms with van der Waals surface area (Å²) in [6.07, 6.45) is 0.988. The summed E-state index contributed by atoms with van der Waals surface area (Å²) in [5, 5.41) is 4.59. The van der Waals surface area contributed by atoms with Crippen LogP contribution in [0.15, 0.2) is 40.6 Å². The minimum Gasteiger partial charge on any atom is -0.329 e. The van der Waals surface area contributed by atoms with E-state index in [0.29, 0.717) is 5.69 Å². The number of halogens is 1. The highest BCUT2D eigenvalue weighted by Gasteiger charge is 2.28. The second-order valence-corrected chi connectivity index (χ2v) is 9.48. The fraction of sp³-hybridized carbons (Fsp3) is 0.312. The van der Waals surface area contributed by atoms with Crippen LogP contribution in [0, 0.1) is 0 Å². The Bertz CT molecular complexity index is 870. The van der Waals surface area contributed by atoms with Crippen LogP contribution in [0.3, 0.4) is 0 Å². The lowest BCUT2D eigenvalue weighted by atomic mass is 10.1. The molecule has 2 aromatic rings. The van der Waals surface area contributed by atoms with Crippen molar-refractivity contribution in [1.82, 2.24) is 4.72 Å².